The van der Waals surface area contributed by atoms with Crippen LogP contribution in [0.5, 0.6) is 0 Å². The van der Waals surface area contributed by atoms with E-state index in [1.807, 2.05) is 69.0 Å². The van der Waals surface area contributed by atoms with Crippen LogP contribution in [0.3, 0.4) is 0 Å². The Morgan fingerprint density at radius 1 is 0.763 bits per heavy atom. The minimum atomic E-state index is -0.692. The number of imidazole rings is 2. The highest BCUT2D eigenvalue weighted by molar-refractivity contribution is 7.16. The molecule has 0 aliphatic carbocycles. The van der Waals surface area contributed by atoms with E-state index in [0.29, 0.717) is 24.7 Å². The summed E-state index contributed by atoms with van der Waals surface area (Å²) >= 11 is 1.52. The Morgan fingerprint density at radius 3 is 1.93 bits per heavy atom. The Hall–Kier alpha value is -5.48. The summed E-state index contributed by atoms with van der Waals surface area (Å²) in [5.74, 6) is 13.0. The van der Waals surface area contributed by atoms with Crippen LogP contribution in [0.4, 0.5) is 9.59 Å². The SMILES string of the molecule is COC(=O)N[C@@H](C(=O)N1CCC[C@H]1c1cnc(-c2ccc(C#CC#Cc3ccc(-c4cnc([C@@H]5CCCN5C(=O)[C@H](NC(=O)OC)C(C)C)[nH]4)s3)cc2)[nH]1)C(C)C.Cl.Cl. The van der Waals surface area contributed by atoms with Crippen molar-refractivity contribution in [1.82, 2.24) is 40.4 Å². The molecular formula is C42H50Cl2N8O6S. The number of alkyl carbamates (subject to hydrolysis) is 2. The quantitative estimate of drug-likeness (QED) is 0.125. The summed E-state index contributed by atoms with van der Waals surface area (Å²) in [6.07, 6.45) is 5.56. The Labute approximate surface area is 360 Å². The number of likely N-dealkylation sites (tertiary alicyclic amines) is 2. The topological polar surface area (TPSA) is 175 Å². The number of carbonyl (C=O) groups excluding carboxylic acids is 4. The van der Waals surface area contributed by atoms with Crippen LogP contribution in [0.15, 0.2) is 48.8 Å². The van der Waals surface area contributed by atoms with Crippen molar-refractivity contribution < 1.29 is 28.7 Å². The Kier molecular flexibility index (Phi) is 16.4. The number of halogens is 2. The summed E-state index contributed by atoms with van der Waals surface area (Å²) < 4.78 is 9.48. The summed E-state index contributed by atoms with van der Waals surface area (Å²) in [5, 5.41) is 5.37. The molecule has 1 aromatic carbocycles. The van der Waals surface area contributed by atoms with E-state index < -0.39 is 24.3 Å². The summed E-state index contributed by atoms with van der Waals surface area (Å²) in [5.41, 5.74) is 3.38. The third-order valence-corrected chi connectivity index (χ3v) is 11.2. The minimum absolute atomic E-state index is 0. The molecule has 5 heterocycles. The first-order valence-electron chi connectivity index (χ1n) is 19.1. The molecule has 2 fully saturated rings. The number of aromatic amines is 2. The van der Waals surface area contributed by atoms with Gasteiger partial charge in [0.2, 0.25) is 11.8 Å². The maximum Gasteiger partial charge on any atom is 0.407 e. The number of thiophene rings is 1. The van der Waals surface area contributed by atoms with Crippen molar-refractivity contribution in [3.05, 3.63) is 70.8 Å². The van der Waals surface area contributed by atoms with Crippen LogP contribution in [0.1, 0.15) is 87.4 Å². The van der Waals surface area contributed by atoms with E-state index in [9.17, 15) is 19.2 Å². The lowest BCUT2D eigenvalue weighted by Gasteiger charge is -2.30. The molecule has 0 spiro atoms. The predicted octanol–water partition coefficient (Wildman–Crippen LogP) is 6.86. The van der Waals surface area contributed by atoms with E-state index in [4.69, 9.17) is 9.47 Å². The largest absolute Gasteiger partial charge is 0.453 e. The van der Waals surface area contributed by atoms with Gasteiger partial charge in [0.05, 0.1) is 59.8 Å². The van der Waals surface area contributed by atoms with Gasteiger partial charge in [0, 0.05) is 24.2 Å². The number of nitrogens with one attached hydrogen (secondary N) is 4. The van der Waals surface area contributed by atoms with Gasteiger partial charge in [0.25, 0.3) is 0 Å². The maximum absolute atomic E-state index is 13.5. The smallest absolute Gasteiger partial charge is 0.407 e. The molecule has 4 atom stereocenters. The minimum Gasteiger partial charge on any atom is -0.453 e. The second-order valence-electron chi connectivity index (χ2n) is 14.7. The van der Waals surface area contributed by atoms with E-state index in [2.05, 4.69) is 54.3 Å². The number of amides is 4. The number of H-pyrrole nitrogens is 2. The average molecular weight is 866 g/mol. The molecule has 0 bridgehead atoms. The third kappa shape index (κ3) is 11.0. The number of carbonyl (C=O) groups is 4. The number of benzene rings is 1. The Morgan fingerprint density at radius 2 is 1.34 bits per heavy atom. The first-order chi connectivity index (χ1) is 27.5. The van der Waals surface area contributed by atoms with Gasteiger partial charge in [-0.25, -0.2) is 19.6 Å². The number of hydrogen-bond donors (Lipinski definition) is 4. The first kappa shape index (κ1) is 46.2. The van der Waals surface area contributed by atoms with Gasteiger partial charge in [-0.3, -0.25) is 9.59 Å². The Balaban J connectivity index is 0.00000384. The van der Waals surface area contributed by atoms with Gasteiger partial charge >= 0.3 is 12.2 Å². The second kappa shape index (κ2) is 21.0. The molecule has 0 unspecified atom stereocenters. The van der Waals surface area contributed by atoms with Crippen molar-refractivity contribution in [3.8, 4) is 45.6 Å². The normalized spacial score (nSPS) is 16.7. The van der Waals surface area contributed by atoms with Crippen molar-refractivity contribution >= 4 is 60.2 Å². The van der Waals surface area contributed by atoms with Crippen molar-refractivity contribution in [2.45, 2.75) is 77.5 Å². The van der Waals surface area contributed by atoms with Crippen LogP contribution in [-0.2, 0) is 19.1 Å². The molecule has 0 radical (unpaired) electrons. The summed E-state index contributed by atoms with van der Waals surface area (Å²) in [6.45, 7) is 8.76. The average Bonchev–Trinajstić information content (AvgIpc) is 4.06. The zero-order valence-corrected chi connectivity index (χ0v) is 36.2. The summed E-state index contributed by atoms with van der Waals surface area (Å²) in [6, 6.07) is 9.89. The van der Waals surface area contributed by atoms with Gasteiger partial charge < -0.3 is 39.9 Å². The molecule has 17 heteroatoms. The van der Waals surface area contributed by atoms with E-state index in [-0.39, 0.29) is 60.5 Å². The zero-order chi connectivity index (χ0) is 40.6. The molecule has 4 amide bonds. The van der Waals surface area contributed by atoms with Crippen LogP contribution in [0.2, 0.25) is 0 Å². The number of aromatic nitrogens is 4. The van der Waals surface area contributed by atoms with Gasteiger partial charge in [-0.2, -0.15) is 0 Å². The number of nitrogens with zero attached hydrogens (tertiary/aromatic N) is 4. The number of ether oxygens (including phenoxy) is 2. The van der Waals surface area contributed by atoms with Crippen LogP contribution in [0, 0.1) is 35.5 Å². The molecule has 2 aliphatic heterocycles. The van der Waals surface area contributed by atoms with E-state index in [1.54, 1.807) is 17.3 Å². The molecule has 59 heavy (non-hydrogen) atoms. The highest BCUT2D eigenvalue weighted by Crippen LogP contribution is 2.35. The molecule has 2 aliphatic rings. The van der Waals surface area contributed by atoms with Crippen molar-refractivity contribution in [1.29, 1.82) is 0 Å². The molecular weight excluding hydrogens is 815 g/mol. The Bertz CT molecular complexity index is 2210. The van der Waals surface area contributed by atoms with E-state index in [1.165, 1.54) is 25.6 Å². The van der Waals surface area contributed by atoms with Gasteiger partial charge in [0.1, 0.15) is 23.7 Å². The molecule has 6 rings (SSSR count). The van der Waals surface area contributed by atoms with E-state index >= 15 is 0 Å². The number of methoxy groups -OCH3 is 2. The van der Waals surface area contributed by atoms with Crippen molar-refractivity contribution in [2.75, 3.05) is 27.3 Å². The van der Waals surface area contributed by atoms with Gasteiger partial charge in [-0.05, 0) is 79.5 Å². The molecule has 314 valence electrons. The molecule has 4 N–H and O–H groups in total. The number of hydrogen-bond acceptors (Lipinski definition) is 9. The van der Waals surface area contributed by atoms with Gasteiger partial charge in [-0.15, -0.1) is 36.2 Å². The lowest BCUT2D eigenvalue weighted by Crippen LogP contribution is -2.51. The number of rotatable bonds is 10. The van der Waals surface area contributed by atoms with E-state index in [0.717, 1.165) is 58.0 Å². The maximum atomic E-state index is 13.5. The molecule has 2 saturated heterocycles. The summed E-state index contributed by atoms with van der Waals surface area (Å²) in [7, 11) is 2.57. The molecule has 14 nitrogen and oxygen atoms in total. The fraction of sp³-hybridized carbons (Fsp3) is 0.429. The van der Waals surface area contributed by atoms with Crippen LogP contribution < -0.4 is 10.6 Å². The highest BCUT2D eigenvalue weighted by atomic mass is 35.5. The second-order valence-corrected chi connectivity index (χ2v) is 15.8. The van der Waals surface area contributed by atoms with Gasteiger partial charge in [-0.1, -0.05) is 45.7 Å². The van der Waals surface area contributed by atoms with Crippen LogP contribution in [-0.4, -0.2) is 93.1 Å². The molecule has 3 aromatic heterocycles. The zero-order valence-electron chi connectivity index (χ0n) is 33.8. The third-order valence-electron chi connectivity index (χ3n) is 10.2. The fourth-order valence-corrected chi connectivity index (χ4v) is 7.99. The monoisotopic (exact) mass is 864 g/mol. The highest BCUT2D eigenvalue weighted by Gasteiger charge is 2.38. The van der Waals surface area contributed by atoms with Crippen LogP contribution >= 0.6 is 36.2 Å². The van der Waals surface area contributed by atoms with Gasteiger partial charge in [0.15, 0.2) is 0 Å². The fourth-order valence-electron chi connectivity index (χ4n) is 7.16. The van der Waals surface area contributed by atoms with Crippen molar-refractivity contribution in [2.24, 2.45) is 11.8 Å². The lowest BCUT2D eigenvalue weighted by molar-refractivity contribution is -0.136. The standard InChI is InChI=1S/C42H48N8O6S.2ClH/c1-25(2)35(47-41(53)55-5)39(51)49-21-9-13-32(49)30-23-43-37(45-30)28-17-15-27(16-18-28)11-7-8-12-29-19-20-34(57-29)31-24-44-38(46-31)33-14-10-22-50(33)40(52)36(26(3)4)48-42(54)56-6;;/h15-20,23-26,32-33,35-36H,9-10,13-14,21-22H2,1-6H3,(H,43,45)(H,44,46)(H,47,53)(H,48,54);2*1H/t32-,33-,35+,36+;;/m0../s1. The first-order valence-corrected chi connectivity index (χ1v) is 19.9. The lowest BCUT2D eigenvalue weighted by atomic mass is 10.0. The molecule has 0 saturated carbocycles. The predicted molar refractivity (Wildman–Crippen MR) is 230 cm³/mol. The molecule has 4 aromatic rings. The van der Waals surface area contributed by atoms with Crippen LogP contribution in [0.25, 0.3) is 22.0 Å². The summed E-state index contributed by atoms with van der Waals surface area (Å²) in [4.78, 5) is 72.3. The van der Waals surface area contributed by atoms with Crippen molar-refractivity contribution in [3.63, 3.8) is 0 Å².